The first-order valence-electron chi connectivity index (χ1n) is 11.0. The number of nitriles is 1. The number of fused-ring (bicyclic) bond motifs is 1. The quantitative estimate of drug-likeness (QED) is 0.660. The Hall–Kier alpha value is -3.53. The molecule has 4 rings (SSSR count). The summed E-state index contributed by atoms with van der Waals surface area (Å²) in [6, 6.07) is 17.9. The van der Waals surface area contributed by atoms with E-state index in [1.807, 2.05) is 63.2 Å². The van der Waals surface area contributed by atoms with Gasteiger partial charge in [0, 0.05) is 19.1 Å². The Bertz CT molecular complexity index is 1140. The number of hydrogen-bond acceptors (Lipinski definition) is 5. The molecule has 0 saturated carbocycles. The Morgan fingerprint density at radius 2 is 1.97 bits per heavy atom. The van der Waals surface area contributed by atoms with Crippen molar-refractivity contribution in [3.63, 3.8) is 0 Å². The molecule has 3 aromatic rings. The van der Waals surface area contributed by atoms with Crippen LogP contribution in [0.4, 0.5) is 10.7 Å². The third kappa shape index (κ3) is 5.02. The molecule has 0 aliphatic carbocycles. The summed E-state index contributed by atoms with van der Waals surface area (Å²) in [5, 5.41) is 12.1. The number of alkyl carbamates (subject to hydrolysis) is 1. The number of carbonyl (C=O) groups excluding carboxylic acids is 1. The van der Waals surface area contributed by atoms with Gasteiger partial charge >= 0.3 is 6.09 Å². The number of anilines is 1. The molecule has 7 heteroatoms. The third-order valence-electron chi connectivity index (χ3n) is 5.48. The largest absolute Gasteiger partial charge is 0.444 e. The Labute approximate surface area is 188 Å². The fourth-order valence-electron chi connectivity index (χ4n) is 4.08. The van der Waals surface area contributed by atoms with E-state index in [4.69, 9.17) is 15.0 Å². The second-order valence-corrected chi connectivity index (χ2v) is 9.23. The van der Waals surface area contributed by atoms with Crippen LogP contribution in [0.2, 0.25) is 0 Å². The molecular weight excluding hydrogens is 402 g/mol. The van der Waals surface area contributed by atoms with Gasteiger partial charge in [-0.2, -0.15) is 5.26 Å². The summed E-state index contributed by atoms with van der Waals surface area (Å²) in [5.41, 5.74) is 3.24. The minimum Gasteiger partial charge on any atom is -0.444 e. The third-order valence-corrected chi connectivity index (χ3v) is 5.48. The Balaban J connectivity index is 1.58. The molecule has 1 N–H and O–H groups in total. The minimum absolute atomic E-state index is 0.00164. The summed E-state index contributed by atoms with van der Waals surface area (Å²) < 4.78 is 7.65. The average Bonchev–Trinajstić information content (AvgIpc) is 3.11. The molecular formula is C25H29N5O2. The van der Waals surface area contributed by atoms with Crippen molar-refractivity contribution in [3.05, 3.63) is 59.7 Å². The fraction of sp³-hybridized carbons (Fsp3) is 0.400. The first-order chi connectivity index (χ1) is 15.3. The van der Waals surface area contributed by atoms with Crippen LogP contribution in [0.5, 0.6) is 0 Å². The van der Waals surface area contributed by atoms with Crippen LogP contribution in [-0.4, -0.2) is 40.4 Å². The molecule has 0 spiro atoms. The summed E-state index contributed by atoms with van der Waals surface area (Å²) in [5.74, 6) is 0.895. The zero-order valence-electron chi connectivity index (χ0n) is 18.8. The van der Waals surface area contributed by atoms with Gasteiger partial charge in [0.15, 0.2) is 0 Å². The highest BCUT2D eigenvalue weighted by Crippen LogP contribution is 2.26. The molecule has 1 aromatic heterocycles. The van der Waals surface area contributed by atoms with Crippen molar-refractivity contribution in [3.8, 4) is 6.07 Å². The zero-order valence-corrected chi connectivity index (χ0v) is 18.8. The van der Waals surface area contributed by atoms with Gasteiger partial charge in [-0.25, -0.2) is 9.78 Å². The SMILES string of the molecule is CC(C)(C)OC(=O)NC1CCCN(c2nc3ccccc3n2Cc2ccc(C#N)cc2)C1. The number of aromatic nitrogens is 2. The maximum atomic E-state index is 12.3. The predicted octanol–water partition coefficient (Wildman–Crippen LogP) is 4.45. The molecule has 1 saturated heterocycles. The molecule has 1 fully saturated rings. The highest BCUT2D eigenvalue weighted by molar-refractivity contribution is 5.79. The van der Waals surface area contributed by atoms with Gasteiger partial charge in [0.1, 0.15) is 5.60 Å². The summed E-state index contributed by atoms with van der Waals surface area (Å²) in [6.07, 6.45) is 1.49. The lowest BCUT2D eigenvalue weighted by Gasteiger charge is -2.34. The van der Waals surface area contributed by atoms with Crippen molar-refractivity contribution in [1.29, 1.82) is 5.26 Å². The number of carbonyl (C=O) groups is 1. The van der Waals surface area contributed by atoms with Crippen LogP contribution < -0.4 is 10.2 Å². The maximum Gasteiger partial charge on any atom is 0.407 e. The molecule has 1 aliphatic heterocycles. The molecule has 2 aromatic carbocycles. The van der Waals surface area contributed by atoms with Gasteiger partial charge in [-0.05, 0) is 63.4 Å². The number of amides is 1. The summed E-state index contributed by atoms with van der Waals surface area (Å²) >= 11 is 0. The van der Waals surface area contributed by atoms with Crippen molar-refractivity contribution in [2.75, 3.05) is 18.0 Å². The monoisotopic (exact) mass is 431 g/mol. The number of rotatable bonds is 4. The highest BCUT2D eigenvalue weighted by Gasteiger charge is 2.27. The second-order valence-electron chi connectivity index (χ2n) is 9.23. The van der Waals surface area contributed by atoms with Gasteiger partial charge < -0.3 is 19.5 Å². The maximum absolute atomic E-state index is 12.3. The van der Waals surface area contributed by atoms with Gasteiger partial charge in [0.05, 0.1) is 29.2 Å². The van der Waals surface area contributed by atoms with Crippen LogP contribution in [0.25, 0.3) is 11.0 Å². The van der Waals surface area contributed by atoms with Crippen LogP contribution in [0.1, 0.15) is 44.7 Å². The van der Waals surface area contributed by atoms with Crippen molar-refractivity contribution in [2.24, 2.45) is 0 Å². The fourth-order valence-corrected chi connectivity index (χ4v) is 4.08. The summed E-state index contributed by atoms with van der Waals surface area (Å²) in [7, 11) is 0. The number of benzene rings is 2. The number of imidazole rings is 1. The lowest BCUT2D eigenvalue weighted by atomic mass is 10.1. The van der Waals surface area contributed by atoms with Crippen LogP contribution in [0, 0.1) is 11.3 Å². The van der Waals surface area contributed by atoms with Crippen LogP contribution >= 0.6 is 0 Å². The minimum atomic E-state index is -0.520. The van der Waals surface area contributed by atoms with Crippen LogP contribution in [0.15, 0.2) is 48.5 Å². The van der Waals surface area contributed by atoms with E-state index in [1.165, 1.54) is 0 Å². The van der Waals surface area contributed by atoms with Gasteiger partial charge in [-0.15, -0.1) is 0 Å². The van der Waals surface area contributed by atoms with E-state index < -0.39 is 5.60 Å². The normalized spacial score (nSPS) is 16.6. The smallest absolute Gasteiger partial charge is 0.407 e. The molecule has 7 nitrogen and oxygen atoms in total. The number of piperidine rings is 1. The number of nitrogens with one attached hydrogen (secondary N) is 1. The molecule has 32 heavy (non-hydrogen) atoms. The zero-order chi connectivity index (χ0) is 22.7. The van der Waals surface area contributed by atoms with Crippen LogP contribution in [0.3, 0.4) is 0 Å². The summed E-state index contributed by atoms with van der Waals surface area (Å²) in [4.78, 5) is 19.5. The van der Waals surface area contributed by atoms with Gasteiger partial charge in [-0.1, -0.05) is 24.3 Å². The Morgan fingerprint density at radius 1 is 1.22 bits per heavy atom. The van der Waals surface area contributed by atoms with Gasteiger partial charge in [0.2, 0.25) is 5.95 Å². The average molecular weight is 432 g/mol. The van der Waals surface area contributed by atoms with E-state index in [1.54, 1.807) is 0 Å². The lowest BCUT2D eigenvalue weighted by molar-refractivity contribution is 0.0500. The molecule has 0 radical (unpaired) electrons. The van der Waals surface area contributed by atoms with Crippen molar-refractivity contribution < 1.29 is 9.53 Å². The first kappa shape index (κ1) is 21.7. The van der Waals surface area contributed by atoms with E-state index in [2.05, 4.69) is 26.9 Å². The van der Waals surface area contributed by atoms with Crippen molar-refractivity contribution in [2.45, 2.75) is 51.8 Å². The number of para-hydroxylation sites is 2. The number of hydrogen-bond donors (Lipinski definition) is 1. The second kappa shape index (κ2) is 8.91. The standard InChI is InChI=1S/C25H29N5O2/c1-25(2,3)32-24(31)27-20-7-6-14-29(17-20)23-28-21-8-4-5-9-22(21)30(23)16-19-12-10-18(15-26)11-13-19/h4-5,8-13,20H,6-7,14,16-17H2,1-3H3,(H,27,31). The highest BCUT2D eigenvalue weighted by atomic mass is 16.6. The molecule has 166 valence electrons. The van der Waals surface area contributed by atoms with E-state index in [0.717, 1.165) is 41.9 Å². The Kier molecular flexibility index (Phi) is 6.04. The topological polar surface area (TPSA) is 83.2 Å². The Morgan fingerprint density at radius 3 is 2.69 bits per heavy atom. The number of nitrogens with zero attached hydrogens (tertiary/aromatic N) is 4. The van der Waals surface area contributed by atoms with E-state index in [-0.39, 0.29) is 12.1 Å². The van der Waals surface area contributed by atoms with E-state index in [9.17, 15) is 4.79 Å². The molecule has 1 unspecified atom stereocenters. The van der Waals surface area contributed by atoms with Gasteiger partial charge in [0.25, 0.3) is 0 Å². The molecule has 1 aliphatic rings. The molecule has 1 atom stereocenters. The molecule has 1 amide bonds. The van der Waals surface area contributed by atoms with Crippen LogP contribution in [-0.2, 0) is 11.3 Å². The van der Waals surface area contributed by atoms with E-state index >= 15 is 0 Å². The van der Waals surface area contributed by atoms with Crippen molar-refractivity contribution in [1.82, 2.24) is 14.9 Å². The number of ether oxygens (including phenoxy) is 1. The predicted molar refractivity (Wildman–Crippen MR) is 125 cm³/mol. The van der Waals surface area contributed by atoms with E-state index in [0.29, 0.717) is 18.7 Å². The van der Waals surface area contributed by atoms with Crippen molar-refractivity contribution >= 4 is 23.1 Å². The molecule has 2 heterocycles. The first-order valence-corrected chi connectivity index (χ1v) is 11.0. The lowest BCUT2D eigenvalue weighted by Crippen LogP contribution is -2.49. The summed E-state index contributed by atoms with van der Waals surface area (Å²) in [6.45, 7) is 7.81. The molecule has 0 bridgehead atoms. The van der Waals surface area contributed by atoms with Gasteiger partial charge in [-0.3, -0.25) is 0 Å².